The van der Waals surface area contributed by atoms with Crippen LogP contribution in [0.15, 0.2) is 277 Å². The highest BCUT2D eigenvalue weighted by Crippen LogP contribution is 2.57. The molecule has 2 nitrogen and oxygen atoms in total. The fourth-order valence-electron chi connectivity index (χ4n) is 11.6. The Morgan fingerprint density at radius 3 is 1.50 bits per heavy atom. The molecule has 320 valence electrons. The molecule has 0 aliphatic heterocycles. The monoisotopic (exact) mass is 883 g/mol. The number of rotatable bonds is 9. The first-order valence-electron chi connectivity index (χ1n) is 23.5. The normalized spacial score (nSPS) is 12.8. The Hall–Kier alpha value is -8.50. The van der Waals surface area contributed by atoms with Crippen LogP contribution in [-0.2, 0) is 5.41 Å². The molecule has 0 spiro atoms. The molecule has 68 heavy (non-hydrogen) atoms. The van der Waals surface area contributed by atoms with Gasteiger partial charge in [0.05, 0.1) is 11.1 Å². The number of benzene rings is 11. The average Bonchev–Trinajstić information content (AvgIpc) is 3.95. The molecule has 3 heteroatoms. The van der Waals surface area contributed by atoms with E-state index in [1.807, 2.05) is 0 Å². The van der Waals surface area contributed by atoms with Gasteiger partial charge in [-0.3, -0.25) is 0 Å². The first-order valence-corrected chi connectivity index (χ1v) is 25.5. The highest BCUT2D eigenvalue weighted by Gasteiger charge is 2.46. The van der Waals surface area contributed by atoms with Crippen LogP contribution in [0, 0.1) is 0 Å². The summed E-state index contributed by atoms with van der Waals surface area (Å²) in [7, 11) is -2.79. The highest BCUT2D eigenvalue weighted by molar-refractivity contribution is 7.19. The lowest BCUT2D eigenvalue weighted by atomic mass is 9.67. The van der Waals surface area contributed by atoms with Crippen LogP contribution < -0.4 is 25.6 Å². The Kier molecular flexibility index (Phi) is 9.45. The van der Waals surface area contributed by atoms with E-state index in [9.17, 15) is 0 Å². The topological polar surface area (TPSA) is 16.4 Å². The van der Waals surface area contributed by atoms with Gasteiger partial charge in [0, 0.05) is 27.5 Å². The lowest BCUT2D eigenvalue weighted by Crippen LogP contribution is -2.74. The molecule has 13 rings (SSSR count). The summed E-state index contributed by atoms with van der Waals surface area (Å²) in [6.45, 7) is 0. The SMILES string of the molecule is c1ccc(C2(c3ccccc3)c3ccccc3-c3ccc(N(c4ccc([Si](c5ccccc5)(c5ccccc5)c5ccccc5)cc4)c4cccc5ccc6c7ccccc7oc6c45)cc32)cc1. The van der Waals surface area contributed by atoms with Gasteiger partial charge in [0.2, 0.25) is 0 Å². The second-order valence-electron chi connectivity index (χ2n) is 17.9. The van der Waals surface area contributed by atoms with Gasteiger partial charge in [-0.15, -0.1) is 0 Å². The second kappa shape index (κ2) is 16.1. The zero-order chi connectivity index (χ0) is 45.1. The van der Waals surface area contributed by atoms with Gasteiger partial charge < -0.3 is 9.32 Å². The molecule has 1 aliphatic carbocycles. The zero-order valence-corrected chi connectivity index (χ0v) is 38.3. The van der Waals surface area contributed by atoms with Crippen LogP contribution in [0.2, 0.25) is 0 Å². The van der Waals surface area contributed by atoms with Crippen LogP contribution in [0.3, 0.4) is 0 Å². The third-order valence-corrected chi connectivity index (χ3v) is 19.3. The van der Waals surface area contributed by atoms with Crippen molar-refractivity contribution in [2.45, 2.75) is 5.41 Å². The number of para-hydroxylation sites is 1. The second-order valence-corrected chi connectivity index (χ2v) is 21.7. The van der Waals surface area contributed by atoms with Crippen molar-refractivity contribution in [1.29, 1.82) is 0 Å². The quantitative estimate of drug-likeness (QED) is 0.106. The van der Waals surface area contributed by atoms with Gasteiger partial charge in [0.1, 0.15) is 11.2 Å². The van der Waals surface area contributed by atoms with Gasteiger partial charge in [-0.1, -0.05) is 231 Å². The maximum atomic E-state index is 6.88. The molecule has 1 aromatic heterocycles. The Morgan fingerprint density at radius 2 is 0.868 bits per heavy atom. The Morgan fingerprint density at radius 1 is 0.353 bits per heavy atom. The van der Waals surface area contributed by atoms with Crippen LogP contribution in [-0.4, -0.2) is 8.07 Å². The number of fused-ring (bicyclic) bond motifs is 8. The molecule has 1 heterocycles. The summed E-state index contributed by atoms with van der Waals surface area (Å²) >= 11 is 0. The minimum absolute atomic E-state index is 0.559. The van der Waals surface area contributed by atoms with E-state index in [1.54, 1.807) is 0 Å². The predicted octanol–water partition coefficient (Wildman–Crippen LogP) is 13.9. The summed E-state index contributed by atoms with van der Waals surface area (Å²) in [6, 6.07) is 101. The maximum Gasteiger partial charge on any atom is 0.179 e. The van der Waals surface area contributed by atoms with Crippen LogP contribution in [0.1, 0.15) is 22.3 Å². The van der Waals surface area contributed by atoms with Crippen LogP contribution >= 0.6 is 0 Å². The molecule has 0 amide bonds. The Balaban J connectivity index is 1.10. The van der Waals surface area contributed by atoms with Gasteiger partial charge in [-0.05, 0) is 102 Å². The molecule has 11 aromatic carbocycles. The maximum absolute atomic E-state index is 6.88. The van der Waals surface area contributed by atoms with Crippen LogP contribution in [0.5, 0.6) is 0 Å². The minimum Gasteiger partial charge on any atom is -0.455 e. The van der Waals surface area contributed by atoms with Crippen LogP contribution in [0.25, 0.3) is 43.8 Å². The average molecular weight is 884 g/mol. The fourth-order valence-corrected chi connectivity index (χ4v) is 16.4. The van der Waals surface area contributed by atoms with E-state index in [0.717, 1.165) is 49.8 Å². The number of nitrogens with zero attached hydrogens (tertiary/aromatic N) is 1. The molecule has 0 bridgehead atoms. The van der Waals surface area contributed by atoms with E-state index in [0.29, 0.717) is 0 Å². The van der Waals surface area contributed by atoms with Crippen molar-refractivity contribution in [3.05, 3.63) is 295 Å². The zero-order valence-electron chi connectivity index (χ0n) is 37.3. The third kappa shape index (κ3) is 5.96. The van der Waals surface area contributed by atoms with E-state index >= 15 is 0 Å². The van der Waals surface area contributed by atoms with E-state index in [4.69, 9.17) is 4.42 Å². The molecular formula is C65H45NOSi. The van der Waals surface area contributed by atoms with Gasteiger partial charge in [0.25, 0.3) is 0 Å². The van der Waals surface area contributed by atoms with Crippen molar-refractivity contribution >= 4 is 78.6 Å². The molecule has 12 aromatic rings. The van der Waals surface area contributed by atoms with Gasteiger partial charge in [0.15, 0.2) is 8.07 Å². The minimum atomic E-state index is -2.79. The summed E-state index contributed by atoms with van der Waals surface area (Å²) in [5.41, 5.74) is 11.9. The summed E-state index contributed by atoms with van der Waals surface area (Å²) in [5.74, 6) is 0. The molecule has 1 aliphatic rings. The van der Waals surface area contributed by atoms with Crippen molar-refractivity contribution in [1.82, 2.24) is 0 Å². The van der Waals surface area contributed by atoms with E-state index < -0.39 is 13.5 Å². The van der Waals surface area contributed by atoms with Gasteiger partial charge >= 0.3 is 0 Å². The van der Waals surface area contributed by atoms with Crippen LogP contribution in [0.4, 0.5) is 17.1 Å². The first kappa shape index (κ1) is 39.8. The summed E-state index contributed by atoms with van der Waals surface area (Å²) in [5, 5.41) is 9.78. The van der Waals surface area contributed by atoms with Crippen molar-refractivity contribution in [3.63, 3.8) is 0 Å². The summed E-state index contributed by atoms with van der Waals surface area (Å²) in [6.07, 6.45) is 0. The van der Waals surface area contributed by atoms with E-state index in [2.05, 4.69) is 278 Å². The molecule has 0 radical (unpaired) electrons. The molecular weight excluding hydrogens is 839 g/mol. The number of furan rings is 1. The molecule has 0 N–H and O–H groups in total. The largest absolute Gasteiger partial charge is 0.455 e. The number of hydrogen-bond acceptors (Lipinski definition) is 2. The molecule has 0 atom stereocenters. The summed E-state index contributed by atoms with van der Waals surface area (Å²) in [4.78, 5) is 2.47. The van der Waals surface area contributed by atoms with Crippen molar-refractivity contribution < 1.29 is 4.42 Å². The number of anilines is 3. The van der Waals surface area contributed by atoms with Gasteiger partial charge in [-0.25, -0.2) is 0 Å². The van der Waals surface area contributed by atoms with Crippen molar-refractivity contribution in [3.8, 4) is 11.1 Å². The van der Waals surface area contributed by atoms with Crippen molar-refractivity contribution in [2.24, 2.45) is 0 Å². The Labute approximate surface area is 397 Å². The Bertz CT molecular complexity index is 3640. The highest BCUT2D eigenvalue weighted by atomic mass is 28.3. The van der Waals surface area contributed by atoms with E-state index in [-0.39, 0.29) is 0 Å². The first-order chi connectivity index (χ1) is 33.7. The number of hydrogen-bond donors (Lipinski definition) is 0. The lowest BCUT2D eigenvalue weighted by Gasteiger charge is -2.36. The fraction of sp³-hybridized carbons (Fsp3) is 0.0154. The van der Waals surface area contributed by atoms with Crippen molar-refractivity contribution in [2.75, 3.05) is 4.90 Å². The molecule has 0 unspecified atom stereocenters. The molecule has 0 saturated carbocycles. The lowest BCUT2D eigenvalue weighted by molar-refractivity contribution is 0.672. The van der Waals surface area contributed by atoms with E-state index in [1.165, 1.54) is 54.1 Å². The summed E-state index contributed by atoms with van der Waals surface area (Å²) < 4.78 is 6.88. The van der Waals surface area contributed by atoms with Gasteiger partial charge in [-0.2, -0.15) is 0 Å². The standard InChI is InChI=1S/C65H45NOSi/c1-6-22-47(23-7-1)65(48-24-8-2-9-25-48)59-34-18-16-32-55(59)56-44-40-50(45-60(56)65)66(61-35-20-21-46-37-43-58-57-33-17-19-36-62(57)67-64(58)63(46)61)49-38-41-54(42-39-49)68(51-26-10-3-11-27-51,52-28-12-4-13-29-52)53-30-14-5-15-31-53/h1-45H. The molecule has 0 saturated heterocycles. The smallest absolute Gasteiger partial charge is 0.179 e. The molecule has 0 fully saturated rings. The predicted molar refractivity (Wildman–Crippen MR) is 287 cm³/mol. The third-order valence-electron chi connectivity index (χ3n) is 14.5.